The first kappa shape index (κ1) is 10.2. The third kappa shape index (κ3) is 2.50. The molecule has 0 radical (unpaired) electrons. The highest BCUT2D eigenvalue weighted by Crippen LogP contribution is 2.18. The quantitative estimate of drug-likeness (QED) is 0.746. The average molecular weight is 183 g/mol. The van der Waals surface area contributed by atoms with Crippen LogP contribution in [0.1, 0.15) is 23.7 Å². The molecule has 0 saturated heterocycles. The van der Waals surface area contributed by atoms with Crippen molar-refractivity contribution in [1.82, 2.24) is 0 Å². The van der Waals surface area contributed by atoms with Gasteiger partial charge in [-0.2, -0.15) is 0 Å². The second kappa shape index (κ2) is 4.35. The first-order chi connectivity index (χ1) is 6.15. The summed E-state index contributed by atoms with van der Waals surface area (Å²) in [5.74, 6) is -0.247. The lowest BCUT2D eigenvalue weighted by Crippen LogP contribution is -2.06. The van der Waals surface area contributed by atoms with E-state index in [0.717, 1.165) is 5.56 Å². The minimum Gasteiger partial charge on any atom is -0.388 e. The van der Waals surface area contributed by atoms with E-state index in [1.165, 1.54) is 6.07 Å². The van der Waals surface area contributed by atoms with Gasteiger partial charge < -0.3 is 10.8 Å². The van der Waals surface area contributed by atoms with E-state index < -0.39 is 6.10 Å². The highest BCUT2D eigenvalue weighted by molar-refractivity contribution is 5.25. The van der Waals surface area contributed by atoms with Crippen LogP contribution in [0.25, 0.3) is 0 Å². The topological polar surface area (TPSA) is 46.2 Å². The molecule has 0 unspecified atom stereocenters. The third-order valence-corrected chi connectivity index (χ3v) is 2.01. The van der Waals surface area contributed by atoms with Gasteiger partial charge in [-0.05, 0) is 37.1 Å². The molecule has 2 nitrogen and oxygen atoms in total. The molecular weight excluding hydrogens is 169 g/mol. The summed E-state index contributed by atoms with van der Waals surface area (Å²) in [6.07, 6.45) is -0.0743. The summed E-state index contributed by atoms with van der Waals surface area (Å²) < 4.78 is 12.8. The van der Waals surface area contributed by atoms with Crippen LogP contribution in [0.15, 0.2) is 18.2 Å². The van der Waals surface area contributed by atoms with Crippen molar-refractivity contribution < 1.29 is 9.50 Å². The van der Waals surface area contributed by atoms with Crippen molar-refractivity contribution >= 4 is 0 Å². The molecule has 3 heteroatoms. The number of benzene rings is 1. The second-order valence-electron chi connectivity index (χ2n) is 3.10. The maximum atomic E-state index is 12.8. The molecule has 0 bridgehead atoms. The lowest BCUT2D eigenvalue weighted by Gasteiger charge is -2.10. The maximum absolute atomic E-state index is 12.8. The molecule has 0 spiro atoms. The number of nitrogens with two attached hydrogens (primary N) is 1. The van der Waals surface area contributed by atoms with E-state index in [1.54, 1.807) is 19.1 Å². The zero-order valence-electron chi connectivity index (χ0n) is 7.63. The van der Waals surface area contributed by atoms with Gasteiger partial charge in [0, 0.05) is 0 Å². The molecule has 1 aromatic carbocycles. The summed E-state index contributed by atoms with van der Waals surface area (Å²) in [4.78, 5) is 0. The molecule has 0 saturated carbocycles. The number of aliphatic hydroxyl groups excluding tert-OH is 1. The lowest BCUT2D eigenvalue weighted by molar-refractivity contribution is 0.170. The molecule has 0 fully saturated rings. The Bertz CT molecular complexity index is 288. The monoisotopic (exact) mass is 183 g/mol. The third-order valence-electron chi connectivity index (χ3n) is 2.01. The van der Waals surface area contributed by atoms with Crippen LogP contribution in [0.2, 0.25) is 0 Å². The zero-order valence-corrected chi connectivity index (χ0v) is 7.63. The molecule has 0 aliphatic rings. The van der Waals surface area contributed by atoms with Crippen LogP contribution in [-0.2, 0) is 0 Å². The lowest BCUT2D eigenvalue weighted by atomic mass is 10.0. The highest BCUT2D eigenvalue weighted by Gasteiger charge is 2.07. The zero-order chi connectivity index (χ0) is 9.84. The molecule has 0 heterocycles. The molecule has 3 N–H and O–H groups in total. The van der Waals surface area contributed by atoms with Gasteiger partial charge in [0.1, 0.15) is 5.82 Å². The molecule has 1 aromatic rings. The summed E-state index contributed by atoms with van der Waals surface area (Å²) >= 11 is 0. The van der Waals surface area contributed by atoms with E-state index in [-0.39, 0.29) is 5.82 Å². The van der Waals surface area contributed by atoms with Crippen LogP contribution in [0.3, 0.4) is 0 Å². The number of hydrogen-bond donors (Lipinski definition) is 2. The Morgan fingerprint density at radius 1 is 1.54 bits per heavy atom. The summed E-state index contributed by atoms with van der Waals surface area (Å²) in [6, 6.07) is 4.60. The average Bonchev–Trinajstić information content (AvgIpc) is 2.10. The van der Waals surface area contributed by atoms with Crippen molar-refractivity contribution in [3.8, 4) is 0 Å². The van der Waals surface area contributed by atoms with Gasteiger partial charge in [-0.15, -0.1) is 0 Å². The highest BCUT2D eigenvalue weighted by atomic mass is 19.1. The van der Waals surface area contributed by atoms with Crippen molar-refractivity contribution in [2.75, 3.05) is 6.54 Å². The van der Waals surface area contributed by atoms with E-state index in [1.807, 2.05) is 0 Å². The molecule has 0 aliphatic heterocycles. The van der Waals surface area contributed by atoms with Gasteiger partial charge in [0.15, 0.2) is 0 Å². The van der Waals surface area contributed by atoms with Gasteiger partial charge in [-0.3, -0.25) is 0 Å². The normalized spacial score (nSPS) is 12.9. The minimum absolute atomic E-state index is 0.247. The van der Waals surface area contributed by atoms with Crippen LogP contribution in [0.4, 0.5) is 4.39 Å². The van der Waals surface area contributed by atoms with E-state index >= 15 is 0 Å². The van der Waals surface area contributed by atoms with Gasteiger partial charge in [-0.1, -0.05) is 12.1 Å². The molecule has 0 aliphatic carbocycles. The van der Waals surface area contributed by atoms with Gasteiger partial charge in [0.05, 0.1) is 6.10 Å². The van der Waals surface area contributed by atoms with Crippen LogP contribution in [0, 0.1) is 12.7 Å². The Balaban J connectivity index is 2.84. The van der Waals surface area contributed by atoms with E-state index in [9.17, 15) is 9.50 Å². The number of rotatable bonds is 3. The SMILES string of the molecule is Cc1cc([C@H](O)CCN)ccc1F. The number of aliphatic hydroxyl groups is 1. The van der Waals surface area contributed by atoms with Gasteiger partial charge in [-0.25, -0.2) is 4.39 Å². The van der Waals surface area contributed by atoms with Crippen molar-refractivity contribution in [2.24, 2.45) is 5.73 Å². The molecule has 1 rings (SSSR count). The van der Waals surface area contributed by atoms with Crippen LogP contribution in [0.5, 0.6) is 0 Å². The van der Waals surface area contributed by atoms with Crippen molar-refractivity contribution in [3.05, 3.63) is 35.1 Å². The maximum Gasteiger partial charge on any atom is 0.126 e. The van der Waals surface area contributed by atoms with Crippen molar-refractivity contribution in [3.63, 3.8) is 0 Å². The van der Waals surface area contributed by atoms with Crippen molar-refractivity contribution in [2.45, 2.75) is 19.4 Å². The van der Waals surface area contributed by atoms with E-state index in [2.05, 4.69) is 0 Å². The minimum atomic E-state index is -0.579. The second-order valence-corrected chi connectivity index (χ2v) is 3.10. The Labute approximate surface area is 77.2 Å². The first-order valence-electron chi connectivity index (χ1n) is 4.29. The van der Waals surface area contributed by atoms with Gasteiger partial charge in [0.25, 0.3) is 0 Å². The standard InChI is InChI=1S/C10H14FNO/c1-7-6-8(2-3-9(7)11)10(13)4-5-12/h2-3,6,10,13H,4-5,12H2,1H3/t10-/m1/s1. The number of hydrogen-bond acceptors (Lipinski definition) is 2. The predicted molar refractivity (Wildman–Crippen MR) is 49.8 cm³/mol. The van der Waals surface area contributed by atoms with Gasteiger partial charge >= 0.3 is 0 Å². The van der Waals surface area contributed by atoms with Crippen LogP contribution < -0.4 is 5.73 Å². The van der Waals surface area contributed by atoms with E-state index in [4.69, 9.17) is 5.73 Å². The molecule has 72 valence electrons. The van der Waals surface area contributed by atoms with E-state index in [0.29, 0.717) is 18.5 Å². The molecule has 13 heavy (non-hydrogen) atoms. The smallest absolute Gasteiger partial charge is 0.126 e. The largest absolute Gasteiger partial charge is 0.388 e. The van der Waals surface area contributed by atoms with Crippen LogP contribution in [-0.4, -0.2) is 11.7 Å². The fourth-order valence-corrected chi connectivity index (χ4v) is 1.20. The fourth-order valence-electron chi connectivity index (χ4n) is 1.20. The van der Waals surface area contributed by atoms with Crippen molar-refractivity contribution in [1.29, 1.82) is 0 Å². The Morgan fingerprint density at radius 2 is 2.23 bits per heavy atom. The predicted octanol–water partition coefficient (Wildman–Crippen LogP) is 1.52. The summed E-state index contributed by atoms with van der Waals surface area (Å²) in [7, 11) is 0. The number of aryl methyl sites for hydroxylation is 1. The molecule has 0 aromatic heterocycles. The summed E-state index contributed by atoms with van der Waals surface area (Å²) in [5, 5.41) is 9.53. The molecule has 1 atom stereocenters. The Hall–Kier alpha value is -0.930. The summed E-state index contributed by atoms with van der Waals surface area (Å²) in [6.45, 7) is 2.10. The Morgan fingerprint density at radius 3 is 2.77 bits per heavy atom. The Kier molecular flexibility index (Phi) is 3.39. The summed E-state index contributed by atoms with van der Waals surface area (Å²) in [5.41, 5.74) is 6.58. The molecule has 0 amide bonds. The number of halogens is 1. The van der Waals surface area contributed by atoms with Crippen LogP contribution >= 0.6 is 0 Å². The fraction of sp³-hybridized carbons (Fsp3) is 0.400. The molecular formula is C10H14FNO. The van der Waals surface area contributed by atoms with Gasteiger partial charge in [0.2, 0.25) is 0 Å². The first-order valence-corrected chi connectivity index (χ1v) is 4.29.